The third kappa shape index (κ3) is 3.55. The van der Waals surface area contributed by atoms with Gasteiger partial charge in [0, 0.05) is 17.0 Å². The number of aryl methyl sites for hydroxylation is 1. The summed E-state index contributed by atoms with van der Waals surface area (Å²) in [4.78, 5) is 20.5. The van der Waals surface area contributed by atoms with Gasteiger partial charge in [0.1, 0.15) is 4.83 Å². The van der Waals surface area contributed by atoms with Crippen LogP contribution in [-0.4, -0.2) is 22.1 Å². The topological polar surface area (TPSA) is 46.9 Å². The normalized spacial score (nSPS) is 19.1. The molecule has 5 heteroatoms. The number of rotatable bonds is 5. The van der Waals surface area contributed by atoms with Crippen molar-refractivity contribution in [2.24, 2.45) is 5.92 Å². The van der Waals surface area contributed by atoms with E-state index in [4.69, 9.17) is 4.98 Å². The highest BCUT2D eigenvalue weighted by Gasteiger charge is 2.28. The molecule has 0 radical (unpaired) electrons. The molecule has 2 aliphatic carbocycles. The summed E-state index contributed by atoms with van der Waals surface area (Å²) in [5.74, 6) is 0.732. The molecule has 4 nitrogen and oxygen atoms in total. The van der Waals surface area contributed by atoms with Crippen LogP contribution in [0.5, 0.6) is 0 Å². The molecule has 0 fully saturated rings. The van der Waals surface area contributed by atoms with Gasteiger partial charge in [-0.1, -0.05) is 38.1 Å². The highest BCUT2D eigenvalue weighted by molar-refractivity contribution is 7.18. The molecule has 0 amide bonds. The van der Waals surface area contributed by atoms with E-state index in [1.54, 1.807) is 17.7 Å². The Labute approximate surface area is 176 Å². The standard InChI is InChI=1S/C24H29N3OS/c1-15(2)9-10-25-18-7-8-20-21(13-18)29-23-22(20)24(28)27(14-26-23)19-11-16-5-3-4-6-17(16)12-19/h3-6,14-15,18-19,25H,7-13H2,1-2H3. The van der Waals surface area contributed by atoms with Crippen molar-refractivity contribution in [3.05, 3.63) is 62.5 Å². The molecular formula is C24H29N3OS. The van der Waals surface area contributed by atoms with Crippen molar-refractivity contribution in [3.63, 3.8) is 0 Å². The number of aromatic nitrogens is 2. The number of hydrogen-bond donors (Lipinski definition) is 1. The number of thiophene rings is 1. The fraction of sp³-hybridized carbons (Fsp3) is 0.500. The van der Waals surface area contributed by atoms with E-state index in [1.165, 1.54) is 28.0 Å². The van der Waals surface area contributed by atoms with Gasteiger partial charge < -0.3 is 5.32 Å². The molecule has 0 aliphatic heterocycles. The molecule has 0 bridgehead atoms. The monoisotopic (exact) mass is 407 g/mol. The van der Waals surface area contributed by atoms with Crippen molar-refractivity contribution < 1.29 is 0 Å². The zero-order valence-electron chi connectivity index (χ0n) is 17.3. The van der Waals surface area contributed by atoms with Crippen LogP contribution in [0.1, 0.15) is 54.3 Å². The molecule has 0 saturated carbocycles. The van der Waals surface area contributed by atoms with Gasteiger partial charge >= 0.3 is 0 Å². The van der Waals surface area contributed by atoms with E-state index in [2.05, 4.69) is 43.4 Å². The first-order valence-corrected chi connectivity index (χ1v) is 11.7. The van der Waals surface area contributed by atoms with Crippen LogP contribution in [0.3, 0.4) is 0 Å². The van der Waals surface area contributed by atoms with E-state index >= 15 is 0 Å². The molecule has 0 saturated heterocycles. The van der Waals surface area contributed by atoms with Crippen LogP contribution in [0.25, 0.3) is 10.2 Å². The van der Waals surface area contributed by atoms with Gasteiger partial charge in [-0.05, 0) is 67.7 Å². The van der Waals surface area contributed by atoms with Crippen LogP contribution in [0.15, 0.2) is 35.4 Å². The largest absolute Gasteiger partial charge is 0.314 e. The van der Waals surface area contributed by atoms with Gasteiger partial charge in [0.05, 0.1) is 11.7 Å². The van der Waals surface area contributed by atoms with Gasteiger partial charge in [0.2, 0.25) is 0 Å². The molecule has 1 unspecified atom stereocenters. The van der Waals surface area contributed by atoms with Crippen LogP contribution >= 0.6 is 11.3 Å². The Hall–Kier alpha value is -1.98. The number of benzene rings is 1. The van der Waals surface area contributed by atoms with Crippen LogP contribution in [0.2, 0.25) is 0 Å². The van der Waals surface area contributed by atoms with Gasteiger partial charge in [-0.2, -0.15) is 0 Å². The molecule has 2 aromatic heterocycles. The highest BCUT2D eigenvalue weighted by Crippen LogP contribution is 2.35. The van der Waals surface area contributed by atoms with Crippen molar-refractivity contribution in [1.29, 1.82) is 0 Å². The van der Waals surface area contributed by atoms with E-state index < -0.39 is 0 Å². The lowest BCUT2D eigenvalue weighted by molar-refractivity contribution is 0.435. The van der Waals surface area contributed by atoms with Crippen molar-refractivity contribution >= 4 is 21.6 Å². The molecule has 2 heterocycles. The highest BCUT2D eigenvalue weighted by atomic mass is 32.1. The van der Waals surface area contributed by atoms with E-state index in [1.807, 2.05) is 4.57 Å². The second-order valence-electron chi connectivity index (χ2n) is 9.05. The van der Waals surface area contributed by atoms with Gasteiger partial charge in [-0.3, -0.25) is 9.36 Å². The van der Waals surface area contributed by atoms with Crippen molar-refractivity contribution in [2.75, 3.05) is 6.54 Å². The minimum absolute atomic E-state index is 0.163. The predicted octanol–water partition coefficient (Wildman–Crippen LogP) is 4.29. The number of hydrogen-bond acceptors (Lipinski definition) is 4. The molecule has 3 aromatic rings. The second-order valence-corrected chi connectivity index (χ2v) is 10.1. The van der Waals surface area contributed by atoms with Gasteiger partial charge in [-0.15, -0.1) is 11.3 Å². The lowest BCUT2D eigenvalue weighted by Gasteiger charge is -2.24. The van der Waals surface area contributed by atoms with Crippen LogP contribution in [-0.2, 0) is 25.7 Å². The Morgan fingerprint density at radius 2 is 1.97 bits per heavy atom. The third-order valence-corrected chi connectivity index (χ3v) is 7.73. The summed E-state index contributed by atoms with van der Waals surface area (Å²) in [7, 11) is 0. The molecular weight excluding hydrogens is 378 g/mol. The molecule has 29 heavy (non-hydrogen) atoms. The Morgan fingerprint density at radius 1 is 1.21 bits per heavy atom. The molecule has 1 atom stereocenters. The van der Waals surface area contributed by atoms with Crippen molar-refractivity contribution in [1.82, 2.24) is 14.9 Å². The fourth-order valence-electron chi connectivity index (χ4n) is 4.92. The van der Waals surface area contributed by atoms with Gasteiger partial charge in [0.25, 0.3) is 5.56 Å². The van der Waals surface area contributed by atoms with E-state index in [-0.39, 0.29) is 11.6 Å². The van der Waals surface area contributed by atoms with Crippen molar-refractivity contribution in [3.8, 4) is 0 Å². The molecule has 2 aliphatic rings. The average molecular weight is 408 g/mol. The summed E-state index contributed by atoms with van der Waals surface area (Å²) < 4.78 is 1.91. The molecule has 1 aromatic carbocycles. The summed E-state index contributed by atoms with van der Waals surface area (Å²) in [6.45, 7) is 5.62. The summed E-state index contributed by atoms with van der Waals surface area (Å²) in [5, 5.41) is 4.61. The summed E-state index contributed by atoms with van der Waals surface area (Å²) >= 11 is 1.73. The predicted molar refractivity (Wildman–Crippen MR) is 120 cm³/mol. The SMILES string of the molecule is CC(C)CCNC1CCc2c(sc3ncn(C4Cc5ccccc5C4)c(=O)c23)C1. The Balaban J connectivity index is 1.41. The van der Waals surface area contributed by atoms with Crippen LogP contribution < -0.4 is 10.9 Å². The van der Waals surface area contributed by atoms with E-state index in [0.29, 0.717) is 6.04 Å². The quantitative estimate of drug-likeness (QED) is 0.686. The maximum atomic E-state index is 13.4. The summed E-state index contributed by atoms with van der Waals surface area (Å²) in [6, 6.07) is 9.27. The summed E-state index contributed by atoms with van der Waals surface area (Å²) in [5.41, 5.74) is 4.17. The lowest BCUT2D eigenvalue weighted by atomic mass is 9.93. The average Bonchev–Trinajstić information content (AvgIpc) is 3.28. The Kier molecular flexibility index (Phi) is 5.04. The Bertz CT molecular complexity index is 1070. The molecule has 5 rings (SSSR count). The molecule has 152 valence electrons. The zero-order valence-corrected chi connectivity index (χ0v) is 18.1. The van der Waals surface area contributed by atoms with E-state index in [9.17, 15) is 4.79 Å². The van der Waals surface area contributed by atoms with E-state index in [0.717, 1.165) is 54.8 Å². The lowest BCUT2D eigenvalue weighted by Crippen LogP contribution is -2.35. The smallest absolute Gasteiger partial charge is 0.262 e. The van der Waals surface area contributed by atoms with Crippen LogP contribution in [0.4, 0.5) is 0 Å². The zero-order chi connectivity index (χ0) is 20.0. The first-order chi connectivity index (χ1) is 14.1. The molecule has 1 N–H and O–H groups in total. The number of nitrogens with one attached hydrogen (secondary N) is 1. The first-order valence-electron chi connectivity index (χ1n) is 10.9. The number of nitrogens with zero attached hydrogens (tertiary/aromatic N) is 2. The first kappa shape index (κ1) is 19.0. The minimum atomic E-state index is 0.163. The van der Waals surface area contributed by atoms with Gasteiger partial charge in [0.15, 0.2) is 0 Å². The van der Waals surface area contributed by atoms with Crippen LogP contribution in [0, 0.1) is 5.92 Å². The molecule has 0 spiro atoms. The summed E-state index contributed by atoms with van der Waals surface area (Å²) in [6.07, 6.45) is 7.99. The maximum absolute atomic E-state index is 13.4. The second kappa shape index (κ2) is 7.69. The Morgan fingerprint density at radius 3 is 2.69 bits per heavy atom. The minimum Gasteiger partial charge on any atom is -0.314 e. The van der Waals surface area contributed by atoms with Crippen molar-refractivity contribution in [2.45, 2.75) is 64.5 Å². The fourth-order valence-corrected chi connectivity index (χ4v) is 6.18. The third-order valence-electron chi connectivity index (χ3n) is 6.57. The number of fused-ring (bicyclic) bond motifs is 4. The van der Waals surface area contributed by atoms with Gasteiger partial charge in [-0.25, -0.2) is 4.98 Å². The maximum Gasteiger partial charge on any atom is 0.262 e.